The van der Waals surface area contributed by atoms with Gasteiger partial charge in [-0.25, -0.2) is 4.68 Å². The van der Waals surface area contributed by atoms with Crippen molar-refractivity contribution in [1.29, 1.82) is 0 Å². The Balaban J connectivity index is 1.87. The number of hydrogen-bond acceptors (Lipinski definition) is 4. The van der Waals surface area contributed by atoms with E-state index in [1.54, 1.807) is 11.6 Å². The van der Waals surface area contributed by atoms with Crippen LogP contribution >= 0.6 is 0 Å². The van der Waals surface area contributed by atoms with Crippen LogP contribution in [0, 0.1) is 6.92 Å². The Labute approximate surface area is 140 Å². The van der Waals surface area contributed by atoms with Crippen molar-refractivity contribution in [3.05, 3.63) is 58.0 Å². The minimum Gasteiger partial charge on any atom is -0.376 e. The summed E-state index contributed by atoms with van der Waals surface area (Å²) in [5.74, 6) is -0.465. The molecule has 1 aromatic carbocycles. The van der Waals surface area contributed by atoms with E-state index in [0.29, 0.717) is 12.3 Å². The van der Waals surface area contributed by atoms with Crippen LogP contribution in [0.3, 0.4) is 0 Å². The van der Waals surface area contributed by atoms with Crippen molar-refractivity contribution < 1.29 is 9.53 Å². The number of carbonyl (C=O) groups is 1. The van der Waals surface area contributed by atoms with Crippen LogP contribution < -0.4 is 10.7 Å². The van der Waals surface area contributed by atoms with E-state index in [-0.39, 0.29) is 23.3 Å². The van der Waals surface area contributed by atoms with Gasteiger partial charge in [0.1, 0.15) is 0 Å². The Kier molecular flexibility index (Phi) is 4.76. The normalized spacial score (nSPS) is 18.3. The standard InChI is InChI=1S/C18H21N3O3/c1-12-11-15(22)17(20-21(12)14-7-4-3-5-8-14)18(23)19-13(2)16-9-6-10-24-16/h3-5,7-8,11,13,16H,6,9-10H2,1-2H3,(H,19,23)/t13-,16+/m1/s1. The Morgan fingerprint density at radius 3 is 2.79 bits per heavy atom. The number of benzene rings is 1. The minimum atomic E-state index is -0.465. The first-order chi connectivity index (χ1) is 11.6. The Morgan fingerprint density at radius 1 is 1.38 bits per heavy atom. The molecule has 2 atom stereocenters. The van der Waals surface area contributed by atoms with Crippen molar-refractivity contribution in [3.8, 4) is 5.69 Å². The van der Waals surface area contributed by atoms with E-state index in [2.05, 4.69) is 10.4 Å². The van der Waals surface area contributed by atoms with Crippen molar-refractivity contribution in [1.82, 2.24) is 15.1 Å². The molecule has 2 heterocycles. The van der Waals surface area contributed by atoms with Crippen LogP contribution in [0.4, 0.5) is 0 Å². The largest absolute Gasteiger partial charge is 0.376 e. The van der Waals surface area contributed by atoms with Gasteiger partial charge in [-0.15, -0.1) is 0 Å². The fourth-order valence-electron chi connectivity index (χ4n) is 2.90. The Bertz CT molecular complexity index is 780. The molecule has 2 aromatic rings. The second kappa shape index (κ2) is 6.97. The van der Waals surface area contributed by atoms with Crippen molar-refractivity contribution >= 4 is 5.91 Å². The SMILES string of the molecule is Cc1cc(=O)c(C(=O)N[C@H](C)[C@@H]2CCCO2)nn1-c1ccccc1. The molecule has 0 radical (unpaired) electrons. The molecular formula is C18H21N3O3. The minimum absolute atomic E-state index is 0.00394. The van der Waals surface area contributed by atoms with Crippen LogP contribution in [0.15, 0.2) is 41.2 Å². The summed E-state index contributed by atoms with van der Waals surface area (Å²) in [5.41, 5.74) is 0.997. The first kappa shape index (κ1) is 16.4. The molecule has 0 spiro atoms. The number of rotatable bonds is 4. The van der Waals surface area contributed by atoms with Gasteiger partial charge in [-0.05, 0) is 38.8 Å². The second-order valence-electron chi connectivity index (χ2n) is 6.06. The summed E-state index contributed by atoms with van der Waals surface area (Å²) in [6.45, 7) is 4.39. The van der Waals surface area contributed by atoms with E-state index >= 15 is 0 Å². The molecule has 0 saturated carbocycles. The fourth-order valence-corrected chi connectivity index (χ4v) is 2.90. The first-order valence-electron chi connectivity index (χ1n) is 8.15. The second-order valence-corrected chi connectivity index (χ2v) is 6.06. The summed E-state index contributed by atoms with van der Waals surface area (Å²) >= 11 is 0. The van der Waals surface area contributed by atoms with Crippen molar-refractivity contribution in [2.24, 2.45) is 0 Å². The molecule has 0 unspecified atom stereocenters. The van der Waals surface area contributed by atoms with Crippen LogP contribution in [0.2, 0.25) is 0 Å². The zero-order valence-corrected chi connectivity index (χ0v) is 13.9. The fraction of sp³-hybridized carbons (Fsp3) is 0.389. The van der Waals surface area contributed by atoms with Crippen LogP contribution in [-0.2, 0) is 4.74 Å². The van der Waals surface area contributed by atoms with Gasteiger partial charge in [0.05, 0.1) is 17.8 Å². The number of nitrogens with zero attached hydrogens (tertiary/aromatic N) is 2. The molecule has 1 N–H and O–H groups in total. The predicted molar refractivity (Wildman–Crippen MR) is 90.5 cm³/mol. The number of ether oxygens (including phenoxy) is 1. The number of hydrogen-bond donors (Lipinski definition) is 1. The van der Waals surface area contributed by atoms with E-state index in [9.17, 15) is 9.59 Å². The van der Waals surface area contributed by atoms with Crippen LogP contribution in [0.5, 0.6) is 0 Å². The van der Waals surface area contributed by atoms with Gasteiger partial charge in [0.25, 0.3) is 5.91 Å². The van der Waals surface area contributed by atoms with Crippen LogP contribution in [0.25, 0.3) is 5.69 Å². The van der Waals surface area contributed by atoms with Crippen molar-refractivity contribution in [3.63, 3.8) is 0 Å². The maximum absolute atomic E-state index is 12.5. The third-order valence-corrected chi connectivity index (χ3v) is 4.20. The number of aryl methyl sites for hydroxylation is 1. The average molecular weight is 327 g/mol. The van der Waals surface area contributed by atoms with E-state index in [1.165, 1.54) is 6.07 Å². The molecule has 6 nitrogen and oxygen atoms in total. The molecule has 3 rings (SSSR count). The summed E-state index contributed by atoms with van der Waals surface area (Å²) in [7, 11) is 0. The number of aromatic nitrogens is 2. The molecule has 1 aromatic heterocycles. The molecule has 24 heavy (non-hydrogen) atoms. The number of carbonyl (C=O) groups excluding carboxylic acids is 1. The highest BCUT2D eigenvalue weighted by Gasteiger charge is 2.25. The van der Waals surface area contributed by atoms with Gasteiger partial charge in [-0.2, -0.15) is 5.10 Å². The van der Waals surface area contributed by atoms with Crippen molar-refractivity contribution in [2.45, 2.75) is 38.8 Å². The van der Waals surface area contributed by atoms with Crippen LogP contribution in [-0.4, -0.2) is 34.4 Å². The van der Waals surface area contributed by atoms with E-state index in [4.69, 9.17) is 4.74 Å². The molecule has 1 aliphatic heterocycles. The molecule has 0 aliphatic carbocycles. The predicted octanol–water partition coefficient (Wildman–Crippen LogP) is 1.84. The lowest BCUT2D eigenvalue weighted by Gasteiger charge is -2.20. The van der Waals surface area contributed by atoms with Gasteiger partial charge in [0.2, 0.25) is 5.43 Å². The van der Waals surface area contributed by atoms with Crippen molar-refractivity contribution in [2.75, 3.05) is 6.61 Å². The monoisotopic (exact) mass is 327 g/mol. The van der Waals surface area contributed by atoms with Gasteiger partial charge in [-0.3, -0.25) is 9.59 Å². The maximum atomic E-state index is 12.5. The smallest absolute Gasteiger partial charge is 0.276 e. The lowest BCUT2D eigenvalue weighted by Crippen LogP contribution is -2.43. The first-order valence-corrected chi connectivity index (χ1v) is 8.15. The summed E-state index contributed by atoms with van der Waals surface area (Å²) in [4.78, 5) is 24.7. The maximum Gasteiger partial charge on any atom is 0.276 e. The third kappa shape index (κ3) is 3.38. The average Bonchev–Trinajstić information content (AvgIpc) is 3.10. The molecule has 1 aliphatic rings. The molecule has 1 saturated heterocycles. The number of amides is 1. The summed E-state index contributed by atoms with van der Waals surface area (Å²) in [6.07, 6.45) is 1.90. The zero-order chi connectivity index (χ0) is 17.1. The topological polar surface area (TPSA) is 73.2 Å². The number of nitrogens with one attached hydrogen (secondary N) is 1. The van der Waals surface area contributed by atoms with Crippen LogP contribution in [0.1, 0.15) is 35.9 Å². The van der Waals surface area contributed by atoms with Gasteiger partial charge in [-0.1, -0.05) is 18.2 Å². The summed E-state index contributed by atoms with van der Waals surface area (Å²) < 4.78 is 7.18. The van der Waals surface area contributed by atoms with E-state index in [0.717, 1.165) is 18.5 Å². The number of para-hydroxylation sites is 1. The van der Waals surface area contributed by atoms with Gasteiger partial charge in [0, 0.05) is 18.4 Å². The quantitative estimate of drug-likeness (QED) is 0.930. The highest BCUT2D eigenvalue weighted by molar-refractivity contribution is 5.92. The molecule has 1 fully saturated rings. The van der Waals surface area contributed by atoms with E-state index in [1.807, 2.05) is 37.3 Å². The highest BCUT2D eigenvalue weighted by atomic mass is 16.5. The van der Waals surface area contributed by atoms with Gasteiger partial charge >= 0.3 is 0 Å². The van der Waals surface area contributed by atoms with Gasteiger partial charge in [0.15, 0.2) is 5.69 Å². The highest BCUT2D eigenvalue weighted by Crippen LogP contribution is 2.15. The van der Waals surface area contributed by atoms with Gasteiger partial charge < -0.3 is 10.1 Å². The lowest BCUT2D eigenvalue weighted by molar-refractivity contribution is 0.0708. The summed E-state index contributed by atoms with van der Waals surface area (Å²) in [5, 5.41) is 7.11. The van der Waals surface area contributed by atoms with E-state index < -0.39 is 5.91 Å². The summed E-state index contributed by atoms with van der Waals surface area (Å²) in [6, 6.07) is 10.7. The molecular weight excluding hydrogens is 306 g/mol. The molecule has 1 amide bonds. The lowest BCUT2D eigenvalue weighted by atomic mass is 10.1. The molecule has 126 valence electrons. The zero-order valence-electron chi connectivity index (χ0n) is 13.9. The molecule has 6 heteroatoms. The molecule has 0 bridgehead atoms. The third-order valence-electron chi connectivity index (χ3n) is 4.20. The Hall–Kier alpha value is -2.47. The Morgan fingerprint density at radius 2 is 2.12 bits per heavy atom.